The van der Waals surface area contributed by atoms with Gasteiger partial charge in [0.15, 0.2) is 0 Å². The number of hydrogen-bond donors (Lipinski definition) is 3. The lowest BCUT2D eigenvalue weighted by Gasteiger charge is -2.33. The third-order valence-electron chi connectivity index (χ3n) is 2.88. The van der Waals surface area contributed by atoms with Gasteiger partial charge in [-0.15, -0.1) is 0 Å². The second-order valence-corrected chi connectivity index (χ2v) is 4.54. The molecule has 1 aliphatic heterocycles. The molecule has 2 unspecified atom stereocenters. The predicted molar refractivity (Wildman–Crippen MR) is 70.1 cm³/mol. The van der Waals surface area contributed by atoms with Gasteiger partial charge in [-0.2, -0.15) is 0 Å². The summed E-state index contributed by atoms with van der Waals surface area (Å²) < 4.78 is 5.60. The van der Waals surface area contributed by atoms with Crippen LogP contribution in [-0.4, -0.2) is 27.5 Å². The summed E-state index contributed by atoms with van der Waals surface area (Å²) in [6.45, 7) is 7.92. The highest BCUT2D eigenvalue weighted by molar-refractivity contribution is 5.50. The van der Waals surface area contributed by atoms with Crippen LogP contribution >= 0.6 is 0 Å². The van der Waals surface area contributed by atoms with Crippen LogP contribution in [0.1, 0.15) is 33.3 Å². The minimum Gasteiger partial charge on any atom is -0.508 e. The van der Waals surface area contributed by atoms with Gasteiger partial charge in [-0.25, -0.2) is 0 Å². The van der Waals surface area contributed by atoms with Crippen LogP contribution in [0, 0.1) is 5.92 Å². The Morgan fingerprint density at radius 2 is 1.83 bits per heavy atom. The highest BCUT2D eigenvalue weighted by Gasteiger charge is 2.32. The van der Waals surface area contributed by atoms with Crippen molar-refractivity contribution < 1.29 is 20.1 Å². The van der Waals surface area contributed by atoms with Gasteiger partial charge in [-0.3, -0.25) is 0 Å². The second-order valence-electron chi connectivity index (χ2n) is 4.54. The van der Waals surface area contributed by atoms with Gasteiger partial charge in [0, 0.05) is 24.1 Å². The smallest absolute Gasteiger partial charge is 0.130 e. The van der Waals surface area contributed by atoms with E-state index >= 15 is 0 Å². The van der Waals surface area contributed by atoms with Gasteiger partial charge in [0.1, 0.15) is 23.4 Å². The number of phenols is 2. The standard InChI is InChI=1S/C12H16O4.C2H6/c1-6(2)12-10(15)5-8-9(14)3-7(13)4-11(8)16-12;1-2/h3-4,6,10,12-15H,5H2,1-2H3;1-2H3. The highest BCUT2D eigenvalue weighted by Crippen LogP contribution is 2.38. The molecule has 0 spiro atoms. The van der Waals surface area contributed by atoms with Crippen LogP contribution in [0.15, 0.2) is 12.1 Å². The molecule has 1 heterocycles. The first-order valence-electron chi connectivity index (χ1n) is 6.38. The van der Waals surface area contributed by atoms with Gasteiger partial charge in [-0.05, 0) is 5.92 Å². The van der Waals surface area contributed by atoms with E-state index in [-0.39, 0.29) is 23.5 Å². The molecule has 3 N–H and O–H groups in total. The van der Waals surface area contributed by atoms with Crippen LogP contribution in [0.2, 0.25) is 0 Å². The maximum absolute atomic E-state index is 9.88. The van der Waals surface area contributed by atoms with Gasteiger partial charge >= 0.3 is 0 Å². The Balaban J connectivity index is 0.000000771. The molecule has 0 saturated carbocycles. The van der Waals surface area contributed by atoms with Crippen LogP contribution in [-0.2, 0) is 6.42 Å². The fourth-order valence-corrected chi connectivity index (χ4v) is 2.06. The number of aliphatic hydroxyl groups excluding tert-OH is 1. The molecule has 18 heavy (non-hydrogen) atoms. The van der Waals surface area contributed by atoms with Crippen LogP contribution in [0.4, 0.5) is 0 Å². The van der Waals surface area contributed by atoms with E-state index in [9.17, 15) is 15.3 Å². The number of ether oxygens (including phenoxy) is 1. The van der Waals surface area contributed by atoms with Crippen molar-refractivity contribution >= 4 is 0 Å². The van der Waals surface area contributed by atoms with Crippen molar-refractivity contribution in [3.63, 3.8) is 0 Å². The van der Waals surface area contributed by atoms with Gasteiger partial charge in [0.25, 0.3) is 0 Å². The SMILES string of the molecule is CC.CC(C)C1Oc2cc(O)cc(O)c2CC1O. The second kappa shape index (κ2) is 5.96. The van der Waals surface area contributed by atoms with Crippen LogP contribution in [0.5, 0.6) is 17.2 Å². The molecule has 1 aliphatic rings. The number of phenolic OH excluding ortho intramolecular Hbond substituents is 2. The average molecular weight is 254 g/mol. The number of aromatic hydroxyl groups is 2. The third kappa shape index (κ3) is 2.88. The van der Waals surface area contributed by atoms with Crippen LogP contribution in [0.25, 0.3) is 0 Å². The Kier molecular flexibility index (Phi) is 4.84. The largest absolute Gasteiger partial charge is 0.508 e. The number of benzene rings is 1. The van der Waals surface area contributed by atoms with Gasteiger partial charge in [-0.1, -0.05) is 27.7 Å². The molecule has 1 aromatic carbocycles. The topological polar surface area (TPSA) is 69.9 Å². The molecular weight excluding hydrogens is 232 g/mol. The summed E-state index contributed by atoms with van der Waals surface area (Å²) in [6, 6.07) is 2.72. The van der Waals surface area contributed by atoms with Crippen molar-refractivity contribution in [2.45, 2.75) is 46.3 Å². The maximum atomic E-state index is 9.88. The maximum Gasteiger partial charge on any atom is 0.130 e. The summed E-state index contributed by atoms with van der Waals surface area (Å²) >= 11 is 0. The molecule has 0 saturated heterocycles. The predicted octanol–water partition coefficient (Wildman–Crippen LogP) is 2.44. The number of aliphatic hydroxyl groups is 1. The quantitative estimate of drug-likeness (QED) is 0.720. The van der Waals surface area contributed by atoms with Crippen LogP contribution in [0.3, 0.4) is 0 Å². The zero-order chi connectivity index (χ0) is 13.9. The summed E-state index contributed by atoms with van der Waals surface area (Å²) in [4.78, 5) is 0. The van der Waals surface area contributed by atoms with E-state index < -0.39 is 6.10 Å². The lowest BCUT2D eigenvalue weighted by molar-refractivity contribution is -0.00477. The zero-order valence-electron chi connectivity index (χ0n) is 11.3. The summed E-state index contributed by atoms with van der Waals surface area (Å²) in [5.74, 6) is 0.570. The molecule has 0 aliphatic carbocycles. The Morgan fingerprint density at radius 1 is 1.22 bits per heavy atom. The molecule has 0 fully saturated rings. The van der Waals surface area contributed by atoms with Crippen molar-refractivity contribution in [1.82, 2.24) is 0 Å². The molecule has 2 atom stereocenters. The Labute approximate surface area is 108 Å². The Morgan fingerprint density at radius 3 is 2.39 bits per heavy atom. The van der Waals surface area contributed by atoms with Crippen molar-refractivity contribution in [3.8, 4) is 17.2 Å². The van der Waals surface area contributed by atoms with Crippen molar-refractivity contribution in [2.75, 3.05) is 0 Å². The van der Waals surface area contributed by atoms with Crippen molar-refractivity contribution in [3.05, 3.63) is 17.7 Å². The fourth-order valence-electron chi connectivity index (χ4n) is 2.06. The fraction of sp³-hybridized carbons (Fsp3) is 0.571. The lowest BCUT2D eigenvalue weighted by atomic mass is 9.92. The summed E-state index contributed by atoms with van der Waals surface area (Å²) in [7, 11) is 0. The van der Waals surface area contributed by atoms with Crippen LogP contribution < -0.4 is 4.74 Å². The van der Waals surface area contributed by atoms with E-state index in [1.807, 2.05) is 27.7 Å². The van der Waals surface area contributed by atoms with E-state index in [1.165, 1.54) is 12.1 Å². The molecule has 0 amide bonds. The molecule has 0 aromatic heterocycles. The summed E-state index contributed by atoms with van der Waals surface area (Å²) in [5.41, 5.74) is 0.558. The first kappa shape index (κ1) is 14.6. The van der Waals surface area contributed by atoms with E-state index in [4.69, 9.17) is 4.74 Å². The molecule has 2 rings (SSSR count). The summed E-state index contributed by atoms with van der Waals surface area (Å²) in [5, 5.41) is 28.9. The monoisotopic (exact) mass is 254 g/mol. The number of rotatable bonds is 1. The molecule has 1 aromatic rings. The van der Waals surface area contributed by atoms with Gasteiger partial charge in [0.2, 0.25) is 0 Å². The van der Waals surface area contributed by atoms with E-state index in [0.29, 0.717) is 17.7 Å². The Hall–Kier alpha value is -1.42. The highest BCUT2D eigenvalue weighted by atomic mass is 16.5. The molecular formula is C14H22O4. The van der Waals surface area contributed by atoms with Crippen molar-refractivity contribution in [1.29, 1.82) is 0 Å². The third-order valence-corrected chi connectivity index (χ3v) is 2.88. The Bertz CT molecular complexity index is 401. The van der Waals surface area contributed by atoms with Crippen molar-refractivity contribution in [2.24, 2.45) is 5.92 Å². The van der Waals surface area contributed by atoms with Gasteiger partial charge < -0.3 is 20.1 Å². The first-order valence-corrected chi connectivity index (χ1v) is 6.38. The number of fused-ring (bicyclic) bond motifs is 1. The summed E-state index contributed by atoms with van der Waals surface area (Å²) in [6.07, 6.45) is -0.568. The molecule has 4 nitrogen and oxygen atoms in total. The lowest BCUT2D eigenvalue weighted by Crippen LogP contribution is -2.41. The average Bonchev–Trinajstić information content (AvgIpc) is 2.32. The molecule has 0 bridgehead atoms. The minimum absolute atomic E-state index is 0.0312. The van der Waals surface area contributed by atoms with E-state index in [2.05, 4.69) is 0 Å². The molecule has 0 radical (unpaired) electrons. The molecule has 102 valence electrons. The number of hydrogen-bond acceptors (Lipinski definition) is 4. The first-order chi connectivity index (χ1) is 8.49. The van der Waals surface area contributed by atoms with E-state index in [1.54, 1.807) is 0 Å². The van der Waals surface area contributed by atoms with E-state index in [0.717, 1.165) is 0 Å². The normalized spacial score (nSPS) is 21.7. The minimum atomic E-state index is -0.622. The molecule has 4 heteroatoms. The zero-order valence-corrected chi connectivity index (χ0v) is 11.3. The van der Waals surface area contributed by atoms with Gasteiger partial charge in [0.05, 0.1) is 6.10 Å².